The molecule has 0 saturated carbocycles. The van der Waals surface area contributed by atoms with Gasteiger partial charge in [-0.25, -0.2) is 0 Å². The molecule has 1 heterocycles. The average molecular weight is 280 g/mol. The Labute approximate surface area is 115 Å². The van der Waals surface area contributed by atoms with Crippen molar-refractivity contribution in [2.24, 2.45) is 0 Å². The van der Waals surface area contributed by atoms with Crippen LogP contribution in [0.25, 0.3) is 0 Å². The summed E-state index contributed by atoms with van der Waals surface area (Å²) in [5.74, 6) is 0.238. The zero-order valence-electron chi connectivity index (χ0n) is 10.4. The van der Waals surface area contributed by atoms with E-state index in [-0.39, 0.29) is 11.5 Å². The number of hydrogen-bond donors (Lipinski definition) is 1. The molecule has 7 heteroatoms. The van der Waals surface area contributed by atoms with E-state index in [2.05, 4.69) is 5.32 Å². The molecule has 1 saturated heterocycles. The molecule has 0 unspecified atom stereocenters. The standard InChI is InChI=1S/C12H12N2O4S/c1-17-7-3-4-8(9(5-7)18-2)14-11(16)6-10(15)13-12(14)19/h3-5H,6H2,1-2H3,(H,13,15,19). The molecular formula is C12H12N2O4S. The molecule has 0 aliphatic carbocycles. The Kier molecular flexibility index (Phi) is 3.66. The van der Waals surface area contributed by atoms with E-state index in [1.165, 1.54) is 19.1 Å². The van der Waals surface area contributed by atoms with Crippen molar-refractivity contribution < 1.29 is 19.1 Å². The molecule has 1 fully saturated rings. The second-order valence-corrected chi connectivity index (χ2v) is 4.18. The minimum absolute atomic E-state index is 0.0460. The Morgan fingerprint density at radius 1 is 1.26 bits per heavy atom. The van der Waals surface area contributed by atoms with Gasteiger partial charge in [0, 0.05) is 6.07 Å². The van der Waals surface area contributed by atoms with E-state index in [0.717, 1.165) is 0 Å². The highest BCUT2D eigenvalue weighted by molar-refractivity contribution is 7.80. The van der Waals surface area contributed by atoms with Gasteiger partial charge >= 0.3 is 0 Å². The number of benzene rings is 1. The van der Waals surface area contributed by atoms with Gasteiger partial charge in [-0.1, -0.05) is 0 Å². The molecule has 0 bridgehead atoms. The highest BCUT2D eigenvalue weighted by Crippen LogP contribution is 2.33. The lowest BCUT2D eigenvalue weighted by molar-refractivity contribution is -0.127. The lowest BCUT2D eigenvalue weighted by Gasteiger charge is -2.28. The van der Waals surface area contributed by atoms with Crippen molar-refractivity contribution in [1.29, 1.82) is 0 Å². The van der Waals surface area contributed by atoms with Crippen LogP contribution in [0, 0.1) is 0 Å². The van der Waals surface area contributed by atoms with Gasteiger partial charge < -0.3 is 14.8 Å². The maximum absolute atomic E-state index is 11.9. The molecular weight excluding hydrogens is 268 g/mol. The van der Waals surface area contributed by atoms with Crippen molar-refractivity contribution in [3.8, 4) is 11.5 Å². The summed E-state index contributed by atoms with van der Waals surface area (Å²) in [6, 6.07) is 4.98. The molecule has 6 nitrogen and oxygen atoms in total. The van der Waals surface area contributed by atoms with Gasteiger partial charge in [0.25, 0.3) is 0 Å². The number of carbonyl (C=O) groups is 2. The third kappa shape index (κ3) is 2.50. The summed E-state index contributed by atoms with van der Waals surface area (Å²) in [5, 5.41) is 2.49. The van der Waals surface area contributed by atoms with Gasteiger partial charge in [-0.2, -0.15) is 0 Å². The SMILES string of the molecule is COc1ccc(N2C(=O)CC(=O)NC2=S)c(OC)c1. The normalized spacial score (nSPS) is 15.3. The van der Waals surface area contributed by atoms with Crippen molar-refractivity contribution in [3.05, 3.63) is 18.2 Å². The Bertz CT molecular complexity index is 539. The molecule has 0 spiro atoms. The molecule has 19 heavy (non-hydrogen) atoms. The van der Waals surface area contributed by atoms with E-state index in [1.807, 2.05) is 0 Å². The number of methoxy groups -OCH3 is 2. The number of anilines is 1. The maximum Gasteiger partial charge on any atom is 0.242 e. The number of nitrogens with zero attached hydrogens (tertiary/aromatic N) is 1. The van der Waals surface area contributed by atoms with E-state index in [4.69, 9.17) is 21.7 Å². The van der Waals surface area contributed by atoms with Crippen LogP contribution in [0.4, 0.5) is 5.69 Å². The van der Waals surface area contributed by atoms with Gasteiger partial charge in [0.2, 0.25) is 11.8 Å². The van der Waals surface area contributed by atoms with Crippen LogP contribution in [-0.4, -0.2) is 31.1 Å². The molecule has 1 aromatic carbocycles. The fourth-order valence-electron chi connectivity index (χ4n) is 1.76. The van der Waals surface area contributed by atoms with E-state index >= 15 is 0 Å². The molecule has 2 amide bonds. The van der Waals surface area contributed by atoms with Gasteiger partial charge in [-0.15, -0.1) is 0 Å². The molecule has 2 rings (SSSR count). The maximum atomic E-state index is 11.9. The van der Waals surface area contributed by atoms with Crippen LogP contribution in [0.2, 0.25) is 0 Å². The van der Waals surface area contributed by atoms with Crippen LogP contribution < -0.4 is 19.7 Å². The summed E-state index contributed by atoms with van der Waals surface area (Å²) in [6.45, 7) is 0. The number of carbonyl (C=O) groups excluding carboxylic acids is 2. The molecule has 100 valence electrons. The quantitative estimate of drug-likeness (QED) is 0.656. The highest BCUT2D eigenvalue weighted by Gasteiger charge is 2.31. The van der Waals surface area contributed by atoms with Crippen molar-refractivity contribution in [3.63, 3.8) is 0 Å². The number of thiocarbonyl (C=S) groups is 1. The van der Waals surface area contributed by atoms with Gasteiger partial charge in [-0.3, -0.25) is 14.5 Å². The number of amides is 2. The summed E-state index contributed by atoms with van der Waals surface area (Å²) in [7, 11) is 3.01. The van der Waals surface area contributed by atoms with Gasteiger partial charge in [-0.05, 0) is 24.4 Å². The fraction of sp³-hybridized carbons (Fsp3) is 0.250. The minimum Gasteiger partial charge on any atom is -0.497 e. The van der Waals surface area contributed by atoms with Crippen LogP contribution in [0.5, 0.6) is 11.5 Å². The predicted octanol–water partition coefficient (Wildman–Crippen LogP) is 0.842. The third-order valence-electron chi connectivity index (χ3n) is 2.64. The lowest BCUT2D eigenvalue weighted by atomic mass is 10.2. The Morgan fingerprint density at radius 2 is 2.00 bits per heavy atom. The monoisotopic (exact) mass is 280 g/mol. The zero-order chi connectivity index (χ0) is 14.0. The molecule has 0 radical (unpaired) electrons. The molecule has 1 aliphatic heterocycles. The molecule has 1 N–H and O–H groups in total. The first kappa shape index (κ1) is 13.3. The first-order chi connectivity index (χ1) is 9.06. The van der Waals surface area contributed by atoms with E-state index < -0.39 is 11.8 Å². The fourth-order valence-corrected chi connectivity index (χ4v) is 2.08. The van der Waals surface area contributed by atoms with Crippen molar-refractivity contribution >= 4 is 34.8 Å². The predicted molar refractivity (Wildman–Crippen MR) is 72.4 cm³/mol. The summed E-state index contributed by atoms with van der Waals surface area (Å²) < 4.78 is 10.3. The molecule has 0 aromatic heterocycles. The van der Waals surface area contributed by atoms with Crippen LogP contribution >= 0.6 is 12.2 Å². The first-order valence-electron chi connectivity index (χ1n) is 5.45. The van der Waals surface area contributed by atoms with Crippen LogP contribution in [0.1, 0.15) is 6.42 Å². The largest absolute Gasteiger partial charge is 0.497 e. The number of nitrogens with one attached hydrogen (secondary N) is 1. The second-order valence-electron chi connectivity index (χ2n) is 3.80. The average Bonchev–Trinajstić information content (AvgIpc) is 2.37. The van der Waals surface area contributed by atoms with E-state index in [1.54, 1.807) is 18.2 Å². The summed E-state index contributed by atoms with van der Waals surface area (Å²) in [5.41, 5.74) is 0.471. The highest BCUT2D eigenvalue weighted by atomic mass is 32.1. The first-order valence-corrected chi connectivity index (χ1v) is 5.86. The van der Waals surface area contributed by atoms with Crippen molar-refractivity contribution in [1.82, 2.24) is 5.32 Å². The summed E-state index contributed by atoms with van der Waals surface area (Å²) >= 11 is 5.02. The Morgan fingerprint density at radius 3 is 2.58 bits per heavy atom. The smallest absolute Gasteiger partial charge is 0.242 e. The van der Waals surface area contributed by atoms with Crippen molar-refractivity contribution in [2.45, 2.75) is 6.42 Å². The number of hydrogen-bond acceptors (Lipinski definition) is 5. The second kappa shape index (κ2) is 5.23. The van der Waals surface area contributed by atoms with E-state index in [9.17, 15) is 9.59 Å². The summed E-state index contributed by atoms with van der Waals surface area (Å²) in [4.78, 5) is 24.4. The van der Waals surface area contributed by atoms with Crippen LogP contribution in [0.3, 0.4) is 0 Å². The van der Waals surface area contributed by atoms with Crippen LogP contribution in [0.15, 0.2) is 18.2 Å². The lowest BCUT2D eigenvalue weighted by Crippen LogP contribution is -2.52. The molecule has 0 atom stereocenters. The van der Waals surface area contributed by atoms with Crippen molar-refractivity contribution in [2.75, 3.05) is 19.1 Å². The number of ether oxygens (including phenoxy) is 2. The minimum atomic E-state index is -0.404. The van der Waals surface area contributed by atoms with Crippen LogP contribution in [-0.2, 0) is 9.59 Å². The topological polar surface area (TPSA) is 67.9 Å². The Hall–Kier alpha value is -2.15. The Balaban J connectivity index is 2.43. The number of rotatable bonds is 3. The molecule has 1 aliphatic rings. The van der Waals surface area contributed by atoms with Gasteiger partial charge in [0.05, 0.1) is 19.9 Å². The van der Waals surface area contributed by atoms with Gasteiger partial charge in [0.1, 0.15) is 17.9 Å². The van der Waals surface area contributed by atoms with Gasteiger partial charge in [0.15, 0.2) is 5.11 Å². The zero-order valence-corrected chi connectivity index (χ0v) is 11.2. The van der Waals surface area contributed by atoms with E-state index in [0.29, 0.717) is 17.2 Å². The molecule has 1 aromatic rings. The summed E-state index contributed by atoms with van der Waals surface area (Å²) in [6.07, 6.45) is -0.241. The third-order valence-corrected chi connectivity index (χ3v) is 2.92.